The monoisotopic (exact) mass is 334 g/mol. The van der Waals surface area contributed by atoms with E-state index < -0.39 is 0 Å². The molecule has 4 rings (SSSR count). The summed E-state index contributed by atoms with van der Waals surface area (Å²) in [6.45, 7) is 0. The van der Waals surface area contributed by atoms with Crippen molar-refractivity contribution in [2.75, 3.05) is 0 Å². The van der Waals surface area contributed by atoms with Crippen LogP contribution < -0.4 is 4.74 Å². The van der Waals surface area contributed by atoms with Gasteiger partial charge in [0.2, 0.25) is 11.8 Å². The van der Waals surface area contributed by atoms with E-state index in [0.717, 1.165) is 31.2 Å². The Kier molecular flexibility index (Phi) is 4.51. The third-order valence-electron chi connectivity index (χ3n) is 5.09. The van der Waals surface area contributed by atoms with Gasteiger partial charge < -0.3 is 9.64 Å². The van der Waals surface area contributed by atoms with E-state index in [0.29, 0.717) is 5.88 Å². The van der Waals surface area contributed by atoms with Crippen LogP contribution in [-0.4, -0.2) is 34.0 Å². The van der Waals surface area contributed by atoms with E-state index in [1.54, 1.807) is 12.3 Å². The molecule has 25 heavy (non-hydrogen) atoms. The van der Waals surface area contributed by atoms with Crippen molar-refractivity contribution in [3.8, 4) is 5.88 Å². The molecule has 1 aromatic carbocycles. The average molecular weight is 334 g/mol. The number of rotatable bonds is 4. The number of ether oxygens (including phenoxy) is 1. The highest BCUT2D eigenvalue weighted by molar-refractivity contribution is 5.92. The quantitative estimate of drug-likeness (QED) is 0.801. The molecule has 0 saturated carbocycles. The third-order valence-corrected chi connectivity index (χ3v) is 5.09. The number of hydrogen-bond acceptors (Lipinski definition) is 3. The van der Waals surface area contributed by atoms with Crippen molar-refractivity contribution in [2.24, 2.45) is 0 Å². The van der Waals surface area contributed by atoms with Crippen molar-refractivity contribution in [1.82, 2.24) is 9.88 Å². The summed E-state index contributed by atoms with van der Waals surface area (Å²) in [5, 5.41) is 0. The fraction of sp³-hybridized carbons (Fsp3) is 0.333. The van der Waals surface area contributed by atoms with E-state index in [1.165, 1.54) is 0 Å². The summed E-state index contributed by atoms with van der Waals surface area (Å²) < 4.78 is 6.03. The minimum Gasteiger partial charge on any atom is -0.474 e. The second-order valence-electron chi connectivity index (χ2n) is 6.75. The van der Waals surface area contributed by atoms with E-state index >= 15 is 0 Å². The first-order valence-electron chi connectivity index (χ1n) is 8.93. The first-order valence-corrected chi connectivity index (χ1v) is 8.93. The maximum absolute atomic E-state index is 12.7. The van der Waals surface area contributed by atoms with E-state index in [-0.39, 0.29) is 24.1 Å². The lowest BCUT2D eigenvalue weighted by atomic mass is 9.99. The van der Waals surface area contributed by atoms with E-state index in [4.69, 9.17) is 4.74 Å². The Bertz CT molecular complexity index is 731. The number of pyridine rings is 1. The first-order chi connectivity index (χ1) is 12.3. The summed E-state index contributed by atoms with van der Waals surface area (Å²) in [7, 11) is 0. The molecule has 2 saturated heterocycles. The minimum atomic E-state index is 0.118. The summed E-state index contributed by atoms with van der Waals surface area (Å²) in [6.07, 6.45) is 9.41. The molecular formula is C21H22N2O2. The number of carbonyl (C=O) groups excluding carboxylic acids is 1. The van der Waals surface area contributed by atoms with Crippen LogP contribution in [0.3, 0.4) is 0 Å². The number of nitrogens with zero attached hydrogens (tertiary/aromatic N) is 2. The molecule has 2 aliphatic heterocycles. The molecule has 2 bridgehead atoms. The lowest BCUT2D eigenvalue weighted by Gasteiger charge is -2.38. The number of amides is 1. The van der Waals surface area contributed by atoms with Gasteiger partial charge in [0.05, 0.1) is 0 Å². The molecule has 4 heteroatoms. The van der Waals surface area contributed by atoms with Gasteiger partial charge in [-0.05, 0) is 30.5 Å². The molecule has 0 spiro atoms. The summed E-state index contributed by atoms with van der Waals surface area (Å²) >= 11 is 0. The number of benzene rings is 1. The van der Waals surface area contributed by atoms with Gasteiger partial charge in [0.15, 0.2) is 0 Å². The molecule has 0 N–H and O–H groups in total. The number of aromatic nitrogens is 1. The van der Waals surface area contributed by atoms with Crippen LogP contribution in [0, 0.1) is 0 Å². The topological polar surface area (TPSA) is 42.4 Å². The molecule has 2 atom stereocenters. The van der Waals surface area contributed by atoms with Crippen molar-refractivity contribution >= 4 is 12.0 Å². The van der Waals surface area contributed by atoms with Gasteiger partial charge in [-0.3, -0.25) is 4.79 Å². The van der Waals surface area contributed by atoms with Crippen LogP contribution >= 0.6 is 0 Å². The number of carbonyl (C=O) groups is 1. The van der Waals surface area contributed by atoms with Gasteiger partial charge in [-0.2, -0.15) is 0 Å². The fourth-order valence-corrected chi connectivity index (χ4v) is 3.99. The highest BCUT2D eigenvalue weighted by atomic mass is 16.5. The predicted octanol–water partition coefficient (Wildman–Crippen LogP) is 3.70. The molecule has 2 unspecified atom stereocenters. The normalized spacial score (nSPS) is 25.3. The zero-order valence-electron chi connectivity index (χ0n) is 14.1. The van der Waals surface area contributed by atoms with Crippen molar-refractivity contribution in [3.63, 3.8) is 0 Å². The van der Waals surface area contributed by atoms with Gasteiger partial charge in [-0.15, -0.1) is 0 Å². The Hall–Kier alpha value is -2.62. The largest absolute Gasteiger partial charge is 0.474 e. The van der Waals surface area contributed by atoms with E-state index in [1.807, 2.05) is 54.6 Å². The second kappa shape index (κ2) is 7.09. The van der Waals surface area contributed by atoms with Crippen LogP contribution in [0.15, 0.2) is 60.8 Å². The van der Waals surface area contributed by atoms with Crippen LogP contribution in [0.25, 0.3) is 6.08 Å². The SMILES string of the molecule is O=C(/C=C/c1ccccc1)N1C2CCC1CC(Oc1ccccn1)C2. The smallest absolute Gasteiger partial charge is 0.247 e. The van der Waals surface area contributed by atoms with Gasteiger partial charge in [0.25, 0.3) is 0 Å². The maximum atomic E-state index is 12.7. The average Bonchev–Trinajstić information content (AvgIpc) is 2.92. The zero-order chi connectivity index (χ0) is 17.1. The Morgan fingerprint density at radius 1 is 1.04 bits per heavy atom. The zero-order valence-corrected chi connectivity index (χ0v) is 14.1. The van der Waals surface area contributed by atoms with Gasteiger partial charge in [-0.25, -0.2) is 4.98 Å². The van der Waals surface area contributed by atoms with E-state index in [9.17, 15) is 4.79 Å². The summed E-state index contributed by atoms with van der Waals surface area (Å²) in [5.41, 5.74) is 1.05. The molecule has 1 aromatic heterocycles. The number of piperidine rings is 1. The Labute approximate surface area is 148 Å². The molecule has 128 valence electrons. The van der Waals surface area contributed by atoms with Gasteiger partial charge >= 0.3 is 0 Å². The molecule has 4 nitrogen and oxygen atoms in total. The highest BCUT2D eigenvalue weighted by Crippen LogP contribution is 2.37. The molecule has 0 radical (unpaired) electrons. The molecule has 2 aliphatic rings. The molecular weight excluding hydrogens is 312 g/mol. The van der Waals surface area contributed by atoms with Crippen LogP contribution in [0.4, 0.5) is 0 Å². The summed E-state index contributed by atoms with van der Waals surface area (Å²) in [4.78, 5) is 19.0. The first kappa shape index (κ1) is 15.9. The summed E-state index contributed by atoms with van der Waals surface area (Å²) in [6, 6.07) is 16.2. The van der Waals surface area contributed by atoms with Crippen molar-refractivity contribution < 1.29 is 9.53 Å². The van der Waals surface area contributed by atoms with Crippen LogP contribution in [0.2, 0.25) is 0 Å². The minimum absolute atomic E-state index is 0.118. The second-order valence-corrected chi connectivity index (χ2v) is 6.75. The highest BCUT2D eigenvalue weighted by Gasteiger charge is 2.43. The standard InChI is InChI=1S/C21H22N2O2/c24-21(12-9-16-6-2-1-3-7-16)23-17-10-11-18(23)15-19(14-17)25-20-8-4-5-13-22-20/h1-9,12-13,17-19H,10-11,14-15H2/b12-9+. The van der Waals surface area contributed by atoms with Gasteiger partial charge in [0, 0.05) is 43.3 Å². The molecule has 2 fully saturated rings. The van der Waals surface area contributed by atoms with Gasteiger partial charge in [-0.1, -0.05) is 36.4 Å². The molecule has 3 heterocycles. The van der Waals surface area contributed by atoms with Crippen molar-refractivity contribution in [2.45, 2.75) is 43.9 Å². The van der Waals surface area contributed by atoms with Crippen molar-refractivity contribution in [3.05, 3.63) is 66.4 Å². The lowest BCUT2D eigenvalue weighted by molar-refractivity contribution is -0.131. The Morgan fingerprint density at radius 2 is 1.76 bits per heavy atom. The lowest BCUT2D eigenvalue weighted by Crippen LogP contribution is -2.48. The molecule has 0 aliphatic carbocycles. The summed E-state index contributed by atoms with van der Waals surface area (Å²) in [5.74, 6) is 0.795. The predicted molar refractivity (Wildman–Crippen MR) is 97.0 cm³/mol. The van der Waals surface area contributed by atoms with Gasteiger partial charge in [0.1, 0.15) is 6.10 Å². The Morgan fingerprint density at radius 3 is 2.44 bits per heavy atom. The number of hydrogen-bond donors (Lipinski definition) is 0. The Balaban J connectivity index is 1.40. The van der Waals surface area contributed by atoms with Crippen LogP contribution in [0.1, 0.15) is 31.2 Å². The van der Waals surface area contributed by atoms with E-state index in [2.05, 4.69) is 9.88 Å². The molecule has 2 aromatic rings. The van der Waals surface area contributed by atoms with Crippen LogP contribution in [0.5, 0.6) is 5.88 Å². The maximum Gasteiger partial charge on any atom is 0.247 e. The van der Waals surface area contributed by atoms with Crippen molar-refractivity contribution in [1.29, 1.82) is 0 Å². The fourth-order valence-electron chi connectivity index (χ4n) is 3.99. The third kappa shape index (κ3) is 3.58. The molecule has 1 amide bonds. The number of fused-ring (bicyclic) bond motifs is 2. The van der Waals surface area contributed by atoms with Crippen LogP contribution in [-0.2, 0) is 4.79 Å².